The zero-order chi connectivity index (χ0) is 14.0. The van der Waals surface area contributed by atoms with Crippen LogP contribution in [0.2, 0.25) is 0 Å². The van der Waals surface area contributed by atoms with Crippen molar-refractivity contribution in [2.75, 3.05) is 0 Å². The maximum absolute atomic E-state index is 12.2. The summed E-state index contributed by atoms with van der Waals surface area (Å²) in [6.07, 6.45) is 1.56. The van der Waals surface area contributed by atoms with Crippen LogP contribution in [0.25, 0.3) is 10.9 Å². The maximum atomic E-state index is 12.2. The van der Waals surface area contributed by atoms with Crippen molar-refractivity contribution in [3.8, 4) is 0 Å². The van der Waals surface area contributed by atoms with Gasteiger partial charge in [0.15, 0.2) is 0 Å². The maximum Gasteiger partial charge on any atom is 0.321 e. The minimum Gasteiger partial charge on any atom is -0.480 e. The monoisotopic (exact) mass is 280 g/mol. The second-order valence-corrected chi connectivity index (χ2v) is 5.69. The Morgan fingerprint density at radius 3 is 2.74 bits per heavy atom. The lowest BCUT2D eigenvalue weighted by molar-refractivity contribution is -0.138. The largest absolute Gasteiger partial charge is 0.480 e. The number of carboxylic acids is 1. The van der Waals surface area contributed by atoms with Gasteiger partial charge in [0.05, 0.1) is 10.4 Å². The molecule has 6 nitrogen and oxygen atoms in total. The van der Waals surface area contributed by atoms with Crippen molar-refractivity contribution in [3.05, 3.63) is 36.5 Å². The second-order valence-electron chi connectivity index (χ2n) is 4.01. The van der Waals surface area contributed by atoms with Crippen LogP contribution in [-0.4, -0.2) is 30.5 Å². The van der Waals surface area contributed by atoms with E-state index in [1.807, 2.05) is 0 Å². The number of aromatic nitrogens is 1. The second kappa shape index (κ2) is 4.94. The van der Waals surface area contributed by atoms with E-state index in [2.05, 4.69) is 9.71 Å². The highest BCUT2D eigenvalue weighted by Crippen LogP contribution is 2.21. The fourth-order valence-electron chi connectivity index (χ4n) is 1.66. The van der Waals surface area contributed by atoms with Crippen molar-refractivity contribution in [2.45, 2.75) is 17.9 Å². The average Bonchev–Trinajstić information content (AvgIpc) is 2.37. The standard InChI is InChI=1S/C12H12N2O4S/c1-8(12(15)16)14-19(17,18)11-6-2-5-10-9(11)4-3-7-13-10/h2-8,14H,1H3,(H,15,16). The number of rotatable bonds is 4. The molecule has 0 aliphatic carbocycles. The van der Waals surface area contributed by atoms with E-state index < -0.39 is 22.0 Å². The Kier molecular flexibility index (Phi) is 3.50. The lowest BCUT2D eigenvalue weighted by Gasteiger charge is -2.11. The first-order valence-corrected chi connectivity index (χ1v) is 6.99. The van der Waals surface area contributed by atoms with Gasteiger partial charge in [-0.05, 0) is 31.2 Å². The molecule has 0 spiro atoms. The summed E-state index contributed by atoms with van der Waals surface area (Å²) in [6, 6.07) is 6.73. The Hall–Kier alpha value is -1.99. The van der Waals surface area contributed by atoms with Crippen molar-refractivity contribution in [1.82, 2.24) is 9.71 Å². The van der Waals surface area contributed by atoms with Gasteiger partial charge in [-0.3, -0.25) is 9.78 Å². The summed E-state index contributed by atoms with van der Waals surface area (Å²) in [6.45, 7) is 1.27. The number of pyridine rings is 1. The van der Waals surface area contributed by atoms with Gasteiger partial charge in [-0.2, -0.15) is 4.72 Å². The van der Waals surface area contributed by atoms with Crippen molar-refractivity contribution >= 4 is 26.9 Å². The Labute approximate surface area is 110 Å². The van der Waals surface area contributed by atoms with Crippen LogP contribution < -0.4 is 4.72 Å². The van der Waals surface area contributed by atoms with Crippen LogP contribution in [0.15, 0.2) is 41.4 Å². The molecule has 1 heterocycles. The molecule has 2 rings (SSSR count). The molecule has 0 bridgehead atoms. The smallest absolute Gasteiger partial charge is 0.321 e. The van der Waals surface area contributed by atoms with E-state index in [4.69, 9.17) is 5.11 Å². The van der Waals surface area contributed by atoms with Crippen LogP contribution in [0.1, 0.15) is 6.92 Å². The van der Waals surface area contributed by atoms with Crippen LogP contribution in [0, 0.1) is 0 Å². The van der Waals surface area contributed by atoms with Crippen molar-refractivity contribution in [1.29, 1.82) is 0 Å². The van der Waals surface area contributed by atoms with Gasteiger partial charge in [0.2, 0.25) is 10.0 Å². The highest BCUT2D eigenvalue weighted by Gasteiger charge is 2.23. The minimum absolute atomic E-state index is 0.0196. The van der Waals surface area contributed by atoms with Crippen LogP contribution in [-0.2, 0) is 14.8 Å². The topological polar surface area (TPSA) is 96.4 Å². The SMILES string of the molecule is CC(NS(=O)(=O)c1cccc2ncccc12)C(=O)O. The molecule has 0 aliphatic rings. The van der Waals surface area contributed by atoms with Gasteiger partial charge in [0.1, 0.15) is 6.04 Å². The van der Waals surface area contributed by atoms with E-state index in [1.165, 1.54) is 13.0 Å². The molecule has 100 valence electrons. The minimum atomic E-state index is -3.90. The van der Waals surface area contributed by atoms with Crippen molar-refractivity contribution < 1.29 is 18.3 Å². The Morgan fingerprint density at radius 1 is 1.32 bits per heavy atom. The lowest BCUT2D eigenvalue weighted by Crippen LogP contribution is -2.38. The van der Waals surface area contributed by atoms with Gasteiger partial charge >= 0.3 is 5.97 Å². The number of carbonyl (C=O) groups is 1. The molecule has 2 aromatic rings. The normalized spacial score (nSPS) is 13.3. The van der Waals surface area contributed by atoms with E-state index in [-0.39, 0.29) is 4.90 Å². The Bertz CT molecular complexity index is 722. The number of nitrogens with one attached hydrogen (secondary N) is 1. The third-order valence-electron chi connectivity index (χ3n) is 2.60. The molecular weight excluding hydrogens is 268 g/mol. The summed E-state index contributed by atoms with van der Waals surface area (Å²) in [5, 5.41) is 9.22. The molecule has 1 aromatic heterocycles. The molecule has 0 amide bonds. The Balaban J connectivity index is 2.52. The van der Waals surface area contributed by atoms with Gasteiger partial charge in [0, 0.05) is 11.6 Å². The number of nitrogens with zero attached hydrogens (tertiary/aromatic N) is 1. The Morgan fingerprint density at radius 2 is 2.05 bits per heavy atom. The number of fused-ring (bicyclic) bond motifs is 1. The van der Waals surface area contributed by atoms with Gasteiger partial charge in [-0.25, -0.2) is 8.42 Å². The van der Waals surface area contributed by atoms with E-state index in [0.29, 0.717) is 10.9 Å². The first kappa shape index (κ1) is 13.4. The number of aliphatic carboxylic acids is 1. The molecule has 1 atom stereocenters. The fraction of sp³-hybridized carbons (Fsp3) is 0.167. The zero-order valence-electron chi connectivity index (χ0n) is 10.1. The molecule has 19 heavy (non-hydrogen) atoms. The summed E-state index contributed by atoms with van der Waals surface area (Å²) in [5.41, 5.74) is 0.536. The van der Waals surface area contributed by atoms with Crippen molar-refractivity contribution in [3.63, 3.8) is 0 Å². The molecule has 7 heteroatoms. The van der Waals surface area contributed by atoms with E-state index >= 15 is 0 Å². The predicted octanol–water partition coefficient (Wildman–Crippen LogP) is 0.986. The summed E-state index contributed by atoms with van der Waals surface area (Å²) in [4.78, 5) is 14.8. The number of benzene rings is 1. The van der Waals surface area contributed by atoms with Gasteiger partial charge in [-0.15, -0.1) is 0 Å². The summed E-state index contributed by atoms with van der Waals surface area (Å²) < 4.78 is 26.4. The summed E-state index contributed by atoms with van der Waals surface area (Å²) >= 11 is 0. The number of carboxylic acid groups (broad SMARTS) is 1. The molecule has 2 N–H and O–H groups in total. The highest BCUT2D eigenvalue weighted by molar-refractivity contribution is 7.89. The van der Waals surface area contributed by atoms with E-state index in [0.717, 1.165) is 0 Å². The van der Waals surface area contributed by atoms with Crippen LogP contribution in [0.4, 0.5) is 0 Å². The quantitative estimate of drug-likeness (QED) is 0.870. The molecule has 1 unspecified atom stereocenters. The third-order valence-corrected chi connectivity index (χ3v) is 4.20. The molecular formula is C12H12N2O4S. The number of sulfonamides is 1. The zero-order valence-corrected chi connectivity index (χ0v) is 10.9. The van der Waals surface area contributed by atoms with Crippen molar-refractivity contribution in [2.24, 2.45) is 0 Å². The molecule has 0 saturated heterocycles. The molecule has 1 aromatic carbocycles. The fourth-order valence-corrected chi connectivity index (χ4v) is 3.07. The van der Waals surface area contributed by atoms with E-state index in [1.54, 1.807) is 30.5 Å². The van der Waals surface area contributed by atoms with Crippen LogP contribution >= 0.6 is 0 Å². The molecule has 0 fully saturated rings. The van der Waals surface area contributed by atoms with Crippen LogP contribution in [0.3, 0.4) is 0 Å². The van der Waals surface area contributed by atoms with Crippen LogP contribution in [0.5, 0.6) is 0 Å². The highest BCUT2D eigenvalue weighted by atomic mass is 32.2. The summed E-state index contributed by atoms with van der Waals surface area (Å²) in [7, 11) is -3.90. The number of hydrogen-bond acceptors (Lipinski definition) is 4. The first-order valence-electron chi connectivity index (χ1n) is 5.51. The molecule has 0 saturated carbocycles. The predicted molar refractivity (Wildman–Crippen MR) is 69.2 cm³/mol. The average molecular weight is 280 g/mol. The molecule has 0 radical (unpaired) electrons. The molecule has 0 aliphatic heterocycles. The van der Waals surface area contributed by atoms with Gasteiger partial charge in [0.25, 0.3) is 0 Å². The summed E-state index contributed by atoms with van der Waals surface area (Å²) in [5.74, 6) is -1.23. The van der Waals surface area contributed by atoms with Gasteiger partial charge in [-0.1, -0.05) is 6.07 Å². The van der Waals surface area contributed by atoms with Gasteiger partial charge < -0.3 is 5.11 Å². The lowest BCUT2D eigenvalue weighted by atomic mass is 10.2. The van der Waals surface area contributed by atoms with E-state index in [9.17, 15) is 13.2 Å². The first-order chi connectivity index (χ1) is 8.92. The third kappa shape index (κ3) is 2.72. The number of hydrogen-bond donors (Lipinski definition) is 2.